The zero-order valence-electron chi connectivity index (χ0n) is 14.7. The first kappa shape index (κ1) is 18.7. The molecule has 140 valence electrons. The normalized spacial score (nSPS) is 13.6. The third-order valence-electron chi connectivity index (χ3n) is 4.04. The van der Waals surface area contributed by atoms with Crippen LogP contribution in [0.3, 0.4) is 0 Å². The van der Waals surface area contributed by atoms with E-state index in [0.29, 0.717) is 35.2 Å². The summed E-state index contributed by atoms with van der Waals surface area (Å²) in [6.45, 7) is 2.34. The van der Waals surface area contributed by atoms with Crippen molar-refractivity contribution in [3.05, 3.63) is 53.6 Å². The van der Waals surface area contributed by atoms with Crippen molar-refractivity contribution in [3.63, 3.8) is 0 Å². The van der Waals surface area contributed by atoms with Gasteiger partial charge in [0, 0.05) is 42.1 Å². The third kappa shape index (κ3) is 4.77. The Bertz CT molecular complexity index is 870. The van der Waals surface area contributed by atoms with E-state index >= 15 is 0 Å². The van der Waals surface area contributed by atoms with E-state index in [2.05, 4.69) is 10.6 Å². The van der Waals surface area contributed by atoms with E-state index in [1.807, 2.05) is 6.07 Å². The van der Waals surface area contributed by atoms with Crippen molar-refractivity contribution in [2.45, 2.75) is 6.92 Å². The minimum atomic E-state index is -0.288. The number of hydrogen-bond donors (Lipinski definition) is 2. The fourth-order valence-corrected chi connectivity index (χ4v) is 3.01. The van der Waals surface area contributed by atoms with Gasteiger partial charge >= 0.3 is 6.03 Å². The number of anilines is 3. The Balaban J connectivity index is 1.57. The largest absolute Gasteiger partial charge is 0.326 e. The molecule has 1 saturated heterocycles. The van der Waals surface area contributed by atoms with Crippen molar-refractivity contribution in [1.29, 1.82) is 0 Å². The van der Waals surface area contributed by atoms with Crippen molar-refractivity contribution in [2.75, 3.05) is 35.2 Å². The standard InChI is InChI=1S/C19H19ClN4O3/c1-13(25)21-15-5-7-16(8-6-15)22-18(26)12-23-9-10-24(19(23)27)17-4-2-3-14(20)11-17/h2-8,11H,9-10,12H2,1H3,(H,21,25)(H,22,26). The van der Waals surface area contributed by atoms with Gasteiger partial charge in [0.15, 0.2) is 0 Å². The van der Waals surface area contributed by atoms with Crippen LogP contribution in [0.1, 0.15) is 6.92 Å². The van der Waals surface area contributed by atoms with E-state index in [1.54, 1.807) is 47.4 Å². The van der Waals surface area contributed by atoms with Crippen LogP contribution in [0.15, 0.2) is 48.5 Å². The van der Waals surface area contributed by atoms with Gasteiger partial charge in [-0.25, -0.2) is 4.79 Å². The molecular formula is C19H19ClN4O3. The highest BCUT2D eigenvalue weighted by molar-refractivity contribution is 6.30. The van der Waals surface area contributed by atoms with Crippen LogP contribution in [0, 0.1) is 0 Å². The van der Waals surface area contributed by atoms with E-state index in [1.165, 1.54) is 11.8 Å². The summed E-state index contributed by atoms with van der Waals surface area (Å²) in [5.41, 5.74) is 1.95. The third-order valence-corrected chi connectivity index (χ3v) is 4.27. The molecule has 0 aromatic heterocycles. The lowest BCUT2D eigenvalue weighted by atomic mass is 10.2. The molecule has 2 N–H and O–H groups in total. The second-order valence-corrected chi connectivity index (χ2v) is 6.58. The van der Waals surface area contributed by atoms with Gasteiger partial charge < -0.3 is 15.5 Å². The molecule has 27 heavy (non-hydrogen) atoms. The second kappa shape index (κ2) is 8.09. The molecule has 0 spiro atoms. The van der Waals surface area contributed by atoms with Crippen molar-refractivity contribution in [2.24, 2.45) is 0 Å². The number of urea groups is 1. The van der Waals surface area contributed by atoms with Crippen LogP contribution in [0.4, 0.5) is 21.9 Å². The molecule has 0 aliphatic carbocycles. The first-order valence-corrected chi connectivity index (χ1v) is 8.80. The zero-order chi connectivity index (χ0) is 19.4. The van der Waals surface area contributed by atoms with E-state index in [4.69, 9.17) is 11.6 Å². The molecule has 1 fully saturated rings. The fraction of sp³-hybridized carbons (Fsp3) is 0.211. The topological polar surface area (TPSA) is 81.8 Å². The molecule has 0 unspecified atom stereocenters. The molecule has 0 atom stereocenters. The van der Waals surface area contributed by atoms with Gasteiger partial charge in [-0.3, -0.25) is 14.5 Å². The average molecular weight is 387 g/mol. The quantitative estimate of drug-likeness (QED) is 0.828. The number of nitrogens with one attached hydrogen (secondary N) is 2. The Morgan fingerprint density at radius 1 is 1.04 bits per heavy atom. The number of halogens is 1. The lowest BCUT2D eigenvalue weighted by Crippen LogP contribution is -2.37. The summed E-state index contributed by atoms with van der Waals surface area (Å²) < 4.78 is 0. The summed E-state index contributed by atoms with van der Waals surface area (Å²) in [7, 11) is 0. The van der Waals surface area contributed by atoms with Crippen LogP contribution in [-0.2, 0) is 9.59 Å². The predicted octanol–water partition coefficient (Wildman–Crippen LogP) is 3.18. The highest BCUT2D eigenvalue weighted by Gasteiger charge is 2.30. The lowest BCUT2D eigenvalue weighted by Gasteiger charge is -2.18. The molecule has 0 radical (unpaired) electrons. The Kier molecular flexibility index (Phi) is 5.61. The molecule has 2 aromatic rings. The number of carbonyl (C=O) groups is 3. The molecular weight excluding hydrogens is 368 g/mol. The Hall–Kier alpha value is -3.06. The van der Waals surface area contributed by atoms with Crippen LogP contribution < -0.4 is 15.5 Å². The number of carbonyl (C=O) groups excluding carboxylic acids is 3. The first-order chi connectivity index (χ1) is 12.9. The molecule has 1 heterocycles. The van der Waals surface area contributed by atoms with Gasteiger partial charge in [0.1, 0.15) is 6.54 Å². The molecule has 1 aliphatic rings. The minimum Gasteiger partial charge on any atom is -0.326 e. The SMILES string of the molecule is CC(=O)Nc1ccc(NC(=O)CN2CCN(c3cccc(Cl)c3)C2=O)cc1. The highest BCUT2D eigenvalue weighted by Crippen LogP contribution is 2.23. The minimum absolute atomic E-state index is 0.0383. The smallest absolute Gasteiger partial charge is 0.325 e. The maximum atomic E-state index is 12.5. The number of benzene rings is 2. The molecule has 3 rings (SSSR count). The average Bonchev–Trinajstić information content (AvgIpc) is 2.97. The lowest BCUT2D eigenvalue weighted by molar-refractivity contribution is -0.116. The van der Waals surface area contributed by atoms with Crippen LogP contribution in [-0.4, -0.2) is 42.4 Å². The van der Waals surface area contributed by atoms with Crippen molar-refractivity contribution in [3.8, 4) is 0 Å². The monoisotopic (exact) mass is 386 g/mol. The molecule has 2 aromatic carbocycles. The summed E-state index contributed by atoms with van der Waals surface area (Å²) >= 11 is 5.98. The van der Waals surface area contributed by atoms with Crippen LogP contribution >= 0.6 is 11.6 Å². The summed E-state index contributed by atoms with van der Waals surface area (Å²) in [5, 5.41) is 5.96. The van der Waals surface area contributed by atoms with E-state index in [-0.39, 0.29) is 24.4 Å². The van der Waals surface area contributed by atoms with Gasteiger partial charge in [0.2, 0.25) is 11.8 Å². The fourth-order valence-electron chi connectivity index (χ4n) is 2.83. The van der Waals surface area contributed by atoms with Crippen LogP contribution in [0.5, 0.6) is 0 Å². The van der Waals surface area contributed by atoms with Gasteiger partial charge in [-0.1, -0.05) is 17.7 Å². The van der Waals surface area contributed by atoms with Gasteiger partial charge in [-0.05, 0) is 42.5 Å². The predicted molar refractivity (Wildman–Crippen MR) is 105 cm³/mol. The van der Waals surface area contributed by atoms with Crippen LogP contribution in [0.25, 0.3) is 0 Å². The number of hydrogen-bond acceptors (Lipinski definition) is 3. The maximum Gasteiger partial charge on any atom is 0.325 e. The van der Waals surface area contributed by atoms with Crippen molar-refractivity contribution in [1.82, 2.24) is 4.90 Å². The number of rotatable bonds is 5. The maximum absolute atomic E-state index is 12.5. The molecule has 8 heteroatoms. The molecule has 0 saturated carbocycles. The van der Waals surface area contributed by atoms with Gasteiger partial charge in [-0.15, -0.1) is 0 Å². The molecule has 1 aliphatic heterocycles. The van der Waals surface area contributed by atoms with E-state index in [0.717, 1.165) is 0 Å². The van der Waals surface area contributed by atoms with E-state index < -0.39 is 0 Å². The Labute approximate surface area is 161 Å². The van der Waals surface area contributed by atoms with Gasteiger partial charge in [0.25, 0.3) is 0 Å². The highest BCUT2D eigenvalue weighted by atomic mass is 35.5. The second-order valence-electron chi connectivity index (χ2n) is 6.14. The summed E-state index contributed by atoms with van der Waals surface area (Å²) in [5.74, 6) is -0.452. The number of amides is 4. The van der Waals surface area contributed by atoms with Crippen LogP contribution in [0.2, 0.25) is 5.02 Å². The van der Waals surface area contributed by atoms with Crippen molar-refractivity contribution < 1.29 is 14.4 Å². The molecule has 0 bridgehead atoms. The molecule has 4 amide bonds. The molecule has 7 nitrogen and oxygen atoms in total. The summed E-state index contributed by atoms with van der Waals surface area (Å²) in [6, 6.07) is 13.6. The Morgan fingerprint density at radius 2 is 1.70 bits per heavy atom. The summed E-state index contributed by atoms with van der Waals surface area (Å²) in [6.07, 6.45) is 0. The summed E-state index contributed by atoms with van der Waals surface area (Å²) in [4.78, 5) is 38.9. The van der Waals surface area contributed by atoms with Gasteiger partial charge in [0.05, 0.1) is 0 Å². The van der Waals surface area contributed by atoms with E-state index in [9.17, 15) is 14.4 Å². The Morgan fingerprint density at radius 3 is 2.33 bits per heavy atom. The zero-order valence-corrected chi connectivity index (χ0v) is 15.5. The van der Waals surface area contributed by atoms with Crippen molar-refractivity contribution >= 4 is 46.5 Å². The van der Waals surface area contributed by atoms with Gasteiger partial charge in [-0.2, -0.15) is 0 Å². The number of nitrogens with zero attached hydrogens (tertiary/aromatic N) is 2. The first-order valence-electron chi connectivity index (χ1n) is 8.42.